The van der Waals surface area contributed by atoms with E-state index in [1.807, 2.05) is 25.1 Å². The Morgan fingerprint density at radius 3 is 2.51 bits per heavy atom. The fourth-order valence-electron chi connectivity index (χ4n) is 10.1. The van der Waals surface area contributed by atoms with Crippen molar-refractivity contribution in [1.29, 1.82) is 0 Å². The van der Waals surface area contributed by atoms with Gasteiger partial charge >= 0.3 is 5.97 Å². The molecule has 0 radical (unpaired) electrons. The fraction of sp³-hybridized carbons (Fsp3) is 0.568. The normalized spacial score (nSPS) is 26.6. The number of fused-ring (bicyclic) bond motifs is 7. The second-order valence-electron chi connectivity index (χ2n) is 14.7. The Kier molecular flexibility index (Phi) is 7.44. The van der Waals surface area contributed by atoms with Crippen LogP contribution < -0.4 is 15.0 Å². The van der Waals surface area contributed by atoms with Crippen LogP contribution in [0.1, 0.15) is 92.9 Å². The Morgan fingerprint density at radius 1 is 1.02 bits per heavy atom. The van der Waals surface area contributed by atoms with Crippen molar-refractivity contribution in [3.8, 4) is 22.9 Å². The summed E-state index contributed by atoms with van der Waals surface area (Å²) >= 11 is 0. The average Bonchev–Trinajstić information content (AvgIpc) is 3.72. The van der Waals surface area contributed by atoms with Crippen LogP contribution in [0.2, 0.25) is 0 Å². The van der Waals surface area contributed by atoms with Crippen LogP contribution in [0.5, 0.6) is 11.5 Å². The molecule has 3 aliphatic heterocycles. The highest BCUT2D eigenvalue weighted by Crippen LogP contribution is 2.51. The number of carboxylic acid groups (broad SMARTS) is 1. The van der Waals surface area contributed by atoms with Gasteiger partial charge in [-0.1, -0.05) is 32.6 Å². The highest BCUT2D eigenvalue weighted by molar-refractivity contribution is 6.01. The van der Waals surface area contributed by atoms with E-state index in [0.717, 1.165) is 66.2 Å². The van der Waals surface area contributed by atoms with Crippen molar-refractivity contribution < 1.29 is 24.2 Å². The number of ketones is 1. The van der Waals surface area contributed by atoms with Gasteiger partial charge in [0.1, 0.15) is 5.78 Å². The topological polar surface area (TPSA) is 111 Å². The van der Waals surface area contributed by atoms with Crippen molar-refractivity contribution in [3.05, 3.63) is 50.8 Å². The minimum absolute atomic E-state index is 0. The number of carbonyl (C=O) groups excluding carboxylic acids is 1. The Balaban J connectivity index is 0.00000324. The summed E-state index contributed by atoms with van der Waals surface area (Å²) in [5.74, 6) is 1.10. The quantitative estimate of drug-likeness (QED) is 0.275. The second-order valence-corrected chi connectivity index (χ2v) is 14.7. The molecule has 5 heterocycles. The molecular weight excluding hydrogens is 618 g/mol. The van der Waals surface area contributed by atoms with Gasteiger partial charge in [-0.05, 0) is 79.7 Å². The average molecular weight is 660 g/mol. The van der Waals surface area contributed by atoms with Gasteiger partial charge in [-0.3, -0.25) is 14.4 Å². The van der Waals surface area contributed by atoms with Crippen molar-refractivity contribution in [2.24, 2.45) is 17.8 Å². The van der Waals surface area contributed by atoms with Crippen LogP contribution in [0, 0.1) is 17.8 Å². The summed E-state index contributed by atoms with van der Waals surface area (Å²) in [5.41, 5.74) is 4.22. The summed E-state index contributed by atoms with van der Waals surface area (Å²) in [7, 11) is 0. The molecule has 4 atom stereocenters. The van der Waals surface area contributed by atoms with E-state index < -0.39 is 17.3 Å². The predicted molar refractivity (Wildman–Crippen MR) is 179 cm³/mol. The first-order valence-electron chi connectivity index (χ1n) is 17.4. The number of rotatable bonds is 6. The van der Waals surface area contributed by atoms with Gasteiger partial charge in [0.15, 0.2) is 11.5 Å². The highest BCUT2D eigenvalue weighted by Gasteiger charge is 2.55. The first kappa shape index (κ1) is 30.9. The van der Waals surface area contributed by atoms with Crippen LogP contribution >= 0.6 is 12.4 Å². The standard InChI is InChI=1S/C37H41N3O6.ClH/c1-2-37(27(36(43)44)18-39-11-10-20-6-3-4-7-22(20)16-39)26-14-29-34-25(17-40(29)35(42)23(26)13-32(37)41)33(21-8-5-9-21)24-12-30-31(46-19-45-30)15-28(24)38-34;/h12,14-15,20-22,27H,2-11,13,16-19H2,1H3,(H,43,44);1H/t20-,22-,27?,37?;/m1./s1. The van der Waals surface area contributed by atoms with E-state index in [0.29, 0.717) is 53.9 Å². The van der Waals surface area contributed by atoms with Gasteiger partial charge in [0.25, 0.3) is 5.56 Å². The van der Waals surface area contributed by atoms with E-state index in [1.165, 1.54) is 37.7 Å². The van der Waals surface area contributed by atoms with Crippen molar-refractivity contribution in [1.82, 2.24) is 14.5 Å². The number of aliphatic carboxylic acids is 1. The minimum Gasteiger partial charge on any atom is -0.481 e. The molecule has 2 unspecified atom stereocenters. The summed E-state index contributed by atoms with van der Waals surface area (Å²) in [4.78, 5) is 49.1. The number of hydrogen-bond acceptors (Lipinski definition) is 7. The summed E-state index contributed by atoms with van der Waals surface area (Å²) in [6.45, 7) is 4.60. The molecule has 1 saturated heterocycles. The molecule has 0 amide bonds. The van der Waals surface area contributed by atoms with E-state index >= 15 is 0 Å². The Labute approximate surface area is 280 Å². The lowest BCUT2D eigenvalue weighted by Crippen LogP contribution is -2.52. The summed E-state index contributed by atoms with van der Waals surface area (Å²) in [6, 6.07) is 5.94. The number of carbonyl (C=O) groups is 2. The number of aromatic nitrogens is 2. The van der Waals surface area contributed by atoms with Crippen LogP contribution in [0.15, 0.2) is 23.0 Å². The van der Waals surface area contributed by atoms with Crippen LogP contribution in [0.3, 0.4) is 0 Å². The molecule has 47 heavy (non-hydrogen) atoms. The number of ether oxygens (including phenoxy) is 2. The Bertz CT molecular complexity index is 1880. The molecule has 248 valence electrons. The summed E-state index contributed by atoms with van der Waals surface area (Å²) < 4.78 is 13.2. The van der Waals surface area contributed by atoms with Crippen molar-refractivity contribution in [3.63, 3.8) is 0 Å². The lowest BCUT2D eigenvalue weighted by atomic mass is 9.67. The first-order chi connectivity index (χ1) is 22.4. The third-order valence-corrected chi connectivity index (χ3v) is 12.7. The maximum Gasteiger partial charge on any atom is 0.309 e. The SMILES string of the molecule is CCC1(C(CN2CC[C@H]3CCCC[C@@H]3C2)C(=O)O)C(=O)Cc2c1cc1n(c2=O)Cc2c-1nc1cc3c(cc1c2C1CCC1)OCO3.Cl. The lowest BCUT2D eigenvalue weighted by Gasteiger charge is -2.44. The molecule has 3 aromatic rings. The zero-order valence-corrected chi connectivity index (χ0v) is 27.7. The molecule has 6 aliphatic rings. The van der Waals surface area contributed by atoms with E-state index in [4.69, 9.17) is 14.5 Å². The number of piperidine rings is 1. The molecule has 1 N–H and O–H groups in total. The maximum atomic E-state index is 14.3. The monoisotopic (exact) mass is 659 g/mol. The second kappa shape index (κ2) is 11.3. The molecule has 3 aliphatic carbocycles. The van der Waals surface area contributed by atoms with Gasteiger partial charge in [0.05, 0.1) is 34.8 Å². The third-order valence-electron chi connectivity index (χ3n) is 12.7. The molecule has 9 nitrogen and oxygen atoms in total. The van der Waals surface area contributed by atoms with E-state index in [1.54, 1.807) is 4.57 Å². The molecule has 10 heteroatoms. The number of carboxylic acids is 1. The lowest BCUT2D eigenvalue weighted by molar-refractivity contribution is -0.149. The van der Waals surface area contributed by atoms with Crippen molar-refractivity contribution in [2.75, 3.05) is 26.4 Å². The first-order valence-corrected chi connectivity index (χ1v) is 17.4. The molecular formula is C37H42ClN3O6. The summed E-state index contributed by atoms with van der Waals surface area (Å²) in [5, 5.41) is 11.8. The maximum absolute atomic E-state index is 14.3. The van der Waals surface area contributed by atoms with E-state index in [-0.39, 0.29) is 37.0 Å². The van der Waals surface area contributed by atoms with Crippen LogP contribution in [-0.2, 0) is 28.0 Å². The number of pyridine rings is 2. The molecule has 9 rings (SSSR count). The van der Waals surface area contributed by atoms with Crippen LogP contribution in [0.25, 0.3) is 22.3 Å². The number of benzene rings is 1. The van der Waals surface area contributed by atoms with Gasteiger partial charge < -0.3 is 24.0 Å². The largest absolute Gasteiger partial charge is 0.481 e. The fourth-order valence-corrected chi connectivity index (χ4v) is 10.1. The predicted octanol–water partition coefficient (Wildman–Crippen LogP) is 5.83. The molecule has 2 saturated carbocycles. The Hall–Kier alpha value is -3.43. The minimum atomic E-state index is -1.25. The third kappa shape index (κ3) is 4.44. The molecule has 2 aromatic heterocycles. The Morgan fingerprint density at radius 2 is 1.79 bits per heavy atom. The number of hydrogen-bond donors (Lipinski definition) is 1. The number of halogens is 1. The molecule has 1 aromatic carbocycles. The number of Topliss-reactive ketones (excluding diaryl/α,β-unsaturated/α-hetero) is 1. The zero-order valence-electron chi connectivity index (χ0n) is 26.9. The van der Waals surface area contributed by atoms with Crippen LogP contribution in [0.4, 0.5) is 0 Å². The van der Waals surface area contributed by atoms with Crippen LogP contribution in [-0.4, -0.2) is 57.7 Å². The van der Waals surface area contributed by atoms with E-state index in [9.17, 15) is 19.5 Å². The molecule has 0 spiro atoms. The number of likely N-dealkylation sites (tertiary alicyclic amines) is 1. The van der Waals surface area contributed by atoms with Gasteiger partial charge in [-0.15, -0.1) is 12.4 Å². The van der Waals surface area contributed by atoms with Crippen molar-refractivity contribution >= 4 is 35.1 Å². The molecule has 3 fully saturated rings. The highest BCUT2D eigenvalue weighted by atomic mass is 35.5. The van der Waals surface area contributed by atoms with Gasteiger partial charge in [0.2, 0.25) is 6.79 Å². The molecule has 0 bridgehead atoms. The van der Waals surface area contributed by atoms with Gasteiger partial charge in [0, 0.05) is 42.1 Å². The zero-order chi connectivity index (χ0) is 31.3. The van der Waals surface area contributed by atoms with Gasteiger partial charge in [-0.25, -0.2) is 4.98 Å². The van der Waals surface area contributed by atoms with Crippen molar-refractivity contribution in [2.45, 2.75) is 89.0 Å². The van der Waals surface area contributed by atoms with E-state index in [2.05, 4.69) is 4.90 Å². The summed E-state index contributed by atoms with van der Waals surface area (Å²) in [6.07, 6.45) is 9.79. The van der Waals surface area contributed by atoms with Gasteiger partial charge in [-0.2, -0.15) is 0 Å². The number of nitrogens with zero attached hydrogens (tertiary/aromatic N) is 3. The smallest absolute Gasteiger partial charge is 0.309 e.